The van der Waals surface area contributed by atoms with E-state index in [1.165, 1.54) is 43.5 Å². The average Bonchev–Trinajstić information content (AvgIpc) is 2.57. The molecule has 1 N–H and O–H groups in total. The Bertz CT molecular complexity index is 797. The molecule has 25 heavy (non-hydrogen) atoms. The summed E-state index contributed by atoms with van der Waals surface area (Å²) < 4.78 is 33.9. The predicted octanol–water partition coefficient (Wildman–Crippen LogP) is 5.26. The number of hydrogen-bond donors (Lipinski definition) is 1. The fourth-order valence-electron chi connectivity index (χ4n) is 1.91. The number of amides is 1. The smallest absolute Gasteiger partial charge is 0.387 e. The van der Waals surface area contributed by atoms with Crippen LogP contribution in [-0.2, 0) is 4.79 Å². The van der Waals surface area contributed by atoms with Crippen LogP contribution < -0.4 is 14.8 Å². The zero-order valence-corrected chi connectivity index (χ0v) is 14.4. The van der Waals surface area contributed by atoms with Crippen molar-refractivity contribution in [2.75, 3.05) is 12.4 Å². The molecule has 8 heteroatoms. The van der Waals surface area contributed by atoms with Crippen LogP contribution in [0.4, 0.5) is 14.5 Å². The van der Waals surface area contributed by atoms with Crippen LogP contribution in [0.15, 0.2) is 42.5 Å². The number of rotatable bonds is 6. The van der Waals surface area contributed by atoms with Gasteiger partial charge in [0, 0.05) is 11.8 Å². The molecule has 2 aromatic rings. The van der Waals surface area contributed by atoms with Crippen LogP contribution in [0.5, 0.6) is 11.5 Å². The number of hydrogen-bond acceptors (Lipinski definition) is 3. The van der Waals surface area contributed by atoms with E-state index in [4.69, 9.17) is 27.9 Å². The Kier molecular flexibility index (Phi) is 6.61. The first kappa shape index (κ1) is 19.0. The molecule has 0 radical (unpaired) electrons. The molecule has 132 valence electrons. The first-order valence-electron chi connectivity index (χ1n) is 6.96. The first-order chi connectivity index (χ1) is 11.9. The van der Waals surface area contributed by atoms with Crippen molar-refractivity contribution in [1.82, 2.24) is 0 Å². The number of alkyl halides is 2. The third-order valence-electron chi connectivity index (χ3n) is 3.02. The molecule has 2 aromatic carbocycles. The molecule has 0 bridgehead atoms. The highest BCUT2D eigenvalue weighted by molar-refractivity contribution is 6.42. The van der Waals surface area contributed by atoms with Gasteiger partial charge in [-0.15, -0.1) is 0 Å². The molecule has 1 amide bonds. The van der Waals surface area contributed by atoms with Gasteiger partial charge >= 0.3 is 6.61 Å². The van der Waals surface area contributed by atoms with E-state index in [1.807, 2.05) is 0 Å². The summed E-state index contributed by atoms with van der Waals surface area (Å²) in [6.45, 7) is -2.95. The molecule has 0 saturated carbocycles. The second kappa shape index (κ2) is 8.69. The summed E-state index contributed by atoms with van der Waals surface area (Å²) in [4.78, 5) is 11.9. The van der Waals surface area contributed by atoms with Crippen molar-refractivity contribution in [3.05, 3.63) is 58.1 Å². The van der Waals surface area contributed by atoms with Crippen LogP contribution in [0, 0.1) is 0 Å². The highest BCUT2D eigenvalue weighted by Crippen LogP contribution is 2.30. The Balaban J connectivity index is 2.07. The van der Waals surface area contributed by atoms with E-state index in [0.29, 0.717) is 21.3 Å². The highest BCUT2D eigenvalue weighted by atomic mass is 35.5. The van der Waals surface area contributed by atoms with Crippen LogP contribution >= 0.6 is 23.2 Å². The molecular weight excluding hydrogens is 375 g/mol. The summed E-state index contributed by atoms with van der Waals surface area (Å²) in [5.74, 6) is -0.354. The Hall–Kier alpha value is -2.31. The van der Waals surface area contributed by atoms with Crippen molar-refractivity contribution in [1.29, 1.82) is 0 Å². The van der Waals surface area contributed by atoms with Crippen molar-refractivity contribution in [3.8, 4) is 11.5 Å². The van der Waals surface area contributed by atoms with E-state index in [0.717, 1.165) is 0 Å². The fraction of sp³-hybridized carbons (Fsp3) is 0.118. The zero-order valence-electron chi connectivity index (χ0n) is 12.9. The molecule has 0 aliphatic carbocycles. The van der Waals surface area contributed by atoms with Gasteiger partial charge in [-0.25, -0.2) is 0 Å². The number of carbonyl (C=O) groups excluding carboxylic acids is 1. The summed E-state index contributed by atoms with van der Waals surface area (Å²) in [5.41, 5.74) is 1.06. The highest BCUT2D eigenvalue weighted by Gasteiger charge is 2.10. The van der Waals surface area contributed by atoms with Crippen LogP contribution in [0.25, 0.3) is 6.08 Å². The van der Waals surface area contributed by atoms with Gasteiger partial charge in [-0.3, -0.25) is 4.79 Å². The second-order valence-corrected chi connectivity index (χ2v) is 5.55. The van der Waals surface area contributed by atoms with Crippen molar-refractivity contribution < 1.29 is 23.0 Å². The zero-order chi connectivity index (χ0) is 18.4. The first-order valence-corrected chi connectivity index (χ1v) is 7.71. The topological polar surface area (TPSA) is 47.6 Å². The number of halogens is 4. The van der Waals surface area contributed by atoms with Crippen molar-refractivity contribution in [2.24, 2.45) is 0 Å². The summed E-state index contributed by atoms with van der Waals surface area (Å²) in [7, 11) is 1.33. The van der Waals surface area contributed by atoms with Gasteiger partial charge in [0.1, 0.15) is 0 Å². The Morgan fingerprint density at radius 3 is 2.52 bits per heavy atom. The minimum atomic E-state index is -2.95. The number of ether oxygens (including phenoxy) is 2. The summed E-state index contributed by atoms with van der Waals surface area (Å²) in [6.07, 6.45) is 2.78. The van der Waals surface area contributed by atoms with Crippen LogP contribution in [0.1, 0.15) is 5.56 Å². The molecule has 2 rings (SSSR count). The molecule has 0 aliphatic heterocycles. The van der Waals surface area contributed by atoms with Crippen molar-refractivity contribution in [2.45, 2.75) is 6.61 Å². The van der Waals surface area contributed by atoms with Gasteiger partial charge in [-0.05, 0) is 42.0 Å². The molecule has 4 nitrogen and oxygen atoms in total. The molecule has 0 aliphatic rings. The molecular formula is C17H13Cl2F2NO3. The lowest BCUT2D eigenvalue weighted by molar-refractivity contribution is -0.111. The SMILES string of the molecule is COc1cc(/C=C/C(=O)Nc2ccc(Cl)c(Cl)c2)ccc1OC(F)F. The predicted molar refractivity (Wildman–Crippen MR) is 93.8 cm³/mol. The standard InChI is InChI=1S/C17H13Cl2F2NO3/c1-24-15-8-10(2-6-14(15)25-17(20)21)3-7-16(23)22-11-4-5-12(18)13(19)9-11/h2-9,17H,1H3,(H,22,23)/b7-3+. The average molecular weight is 388 g/mol. The molecule has 0 saturated heterocycles. The van der Waals surface area contributed by atoms with E-state index in [1.54, 1.807) is 12.1 Å². The largest absolute Gasteiger partial charge is 0.493 e. The van der Waals surface area contributed by atoms with Gasteiger partial charge in [-0.2, -0.15) is 8.78 Å². The van der Waals surface area contributed by atoms with Gasteiger partial charge in [0.2, 0.25) is 5.91 Å². The number of methoxy groups -OCH3 is 1. The van der Waals surface area contributed by atoms with Crippen LogP contribution in [-0.4, -0.2) is 19.6 Å². The van der Waals surface area contributed by atoms with Crippen LogP contribution in [0.3, 0.4) is 0 Å². The number of nitrogens with one attached hydrogen (secondary N) is 1. The van der Waals surface area contributed by atoms with Gasteiger partial charge in [0.15, 0.2) is 11.5 Å². The third kappa shape index (κ3) is 5.62. The lowest BCUT2D eigenvalue weighted by atomic mass is 10.2. The maximum Gasteiger partial charge on any atom is 0.387 e. The monoisotopic (exact) mass is 387 g/mol. The lowest BCUT2D eigenvalue weighted by Crippen LogP contribution is -2.07. The van der Waals surface area contributed by atoms with E-state index in [-0.39, 0.29) is 11.5 Å². The van der Waals surface area contributed by atoms with E-state index in [2.05, 4.69) is 10.1 Å². The molecule has 0 spiro atoms. The van der Waals surface area contributed by atoms with E-state index >= 15 is 0 Å². The molecule has 0 unspecified atom stereocenters. The Labute approximate surface area is 152 Å². The van der Waals surface area contributed by atoms with Gasteiger partial charge in [0.25, 0.3) is 0 Å². The molecule has 0 aromatic heterocycles. The molecule has 0 heterocycles. The minimum Gasteiger partial charge on any atom is -0.493 e. The van der Waals surface area contributed by atoms with Gasteiger partial charge in [-0.1, -0.05) is 29.3 Å². The summed E-state index contributed by atoms with van der Waals surface area (Å²) in [5, 5.41) is 3.33. The van der Waals surface area contributed by atoms with Gasteiger partial charge < -0.3 is 14.8 Å². The molecule has 0 atom stereocenters. The third-order valence-corrected chi connectivity index (χ3v) is 3.76. The summed E-state index contributed by atoms with van der Waals surface area (Å²) >= 11 is 11.7. The quantitative estimate of drug-likeness (QED) is 0.688. The van der Waals surface area contributed by atoms with Crippen molar-refractivity contribution in [3.63, 3.8) is 0 Å². The minimum absolute atomic E-state index is 0.0880. The number of anilines is 1. The number of carbonyl (C=O) groups is 1. The number of benzene rings is 2. The van der Waals surface area contributed by atoms with E-state index in [9.17, 15) is 13.6 Å². The van der Waals surface area contributed by atoms with Gasteiger partial charge in [0.05, 0.1) is 17.2 Å². The second-order valence-electron chi connectivity index (χ2n) is 4.74. The Morgan fingerprint density at radius 2 is 1.88 bits per heavy atom. The summed E-state index contributed by atoms with van der Waals surface area (Å²) in [6, 6.07) is 9.02. The normalized spacial score (nSPS) is 11.0. The van der Waals surface area contributed by atoms with E-state index < -0.39 is 12.5 Å². The molecule has 0 fully saturated rings. The lowest BCUT2D eigenvalue weighted by Gasteiger charge is -2.10. The fourth-order valence-corrected chi connectivity index (χ4v) is 2.21. The van der Waals surface area contributed by atoms with Crippen molar-refractivity contribution >= 4 is 40.9 Å². The maximum absolute atomic E-state index is 12.3. The maximum atomic E-state index is 12.3. The van der Waals surface area contributed by atoms with Crippen LogP contribution in [0.2, 0.25) is 10.0 Å². The Morgan fingerprint density at radius 1 is 1.12 bits per heavy atom.